The normalized spacial score (nSPS) is 14.5. The van der Waals surface area contributed by atoms with Gasteiger partial charge in [0.2, 0.25) is 9.04 Å². The van der Waals surface area contributed by atoms with E-state index in [9.17, 15) is 0 Å². The predicted molar refractivity (Wildman–Crippen MR) is 51.0 cm³/mol. The Bertz CT molecular complexity index is 98.1. The van der Waals surface area contributed by atoms with Crippen molar-refractivity contribution in [3.05, 3.63) is 0 Å². The van der Waals surface area contributed by atoms with E-state index < -0.39 is 9.04 Å². The molecule has 67 valence electrons. The van der Waals surface area contributed by atoms with Gasteiger partial charge in [-0.2, -0.15) is 0 Å². The van der Waals surface area contributed by atoms with Gasteiger partial charge in [0, 0.05) is 6.61 Å². The molecule has 0 aliphatic rings. The average molecular weight is 174 g/mol. The molecular weight excluding hydrogens is 154 g/mol. The number of hydrogen-bond acceptors (Lipinski definition) is 2. The Labute approximate surface area is 71.8 Å². The molecule has 0 aliphatic carbocycles. The van der Waals surface area contributed by atoms with Crippen LogP contribution in [0.25, 0.3) is 0 Å². The molecule has 0 bridgehead atoms. The van der Waals surface area contributed by atoms with Crippen molar-refractivity contribution in [1.82, 2.24) is 0 Å². The van der Waals surface area contributed by atoms with Crippen molar-refractivity contribution < 1.29 is 4.43 Å². The van der Waals surface area contributed by atoms with Gasteiger partial charge in [-0.25, -0.2) is 0 Å². The lowest BCUT2D eigenvalue weighted by Gasteiger charge is -2.22. The van der Waals surface area contributed by atoms with Gasteiger partial charge in [-0.1, -0.05) is 20.8 Å². The molecule has 0 aromatic heterocycles. The molecule has 0 rings (SSSR count). The van der Waals surface area contributed by atoms with Gasteiger partial charge in [-0.05, 0) is 24.6 Å². The van der Waals surface area contributed by atoms with E-state index in [1.807, 2.05) is 0 Å². The standard InChI is InChI=1S/C8H20NOSi/c1-5-10-11(7(2)3)8(4)6-9/h7-8H,5-6,9H2,1-4H3. The first-order valence-corrected chi connectivity index (χ1v) is 5.89. The van der Waals surface area contributed by atoms with Crippen LogP contribution in [0.2, 0.25) is 11.1 Å². The maximum absolute atomic E-state index is 5.68. The summed E-state index contributed by atoms with van der Waals surface area (Å²) < 4.78 is 5.68. The summed E-state index contributed by atoms with van der Waals surface area (Å²) >= 11 is 0. The fraction of sp³-hybridized carbons (Fsp3) is 1.00. The van der Waals surface area contributed by atoms with Gasteiger partial charge in [0.15, 0.2) is 0 Å². The van der Waals surface area contributed by atoms with E-state index >= 15 is 0 Å². The molecule has 0 aromatic carbocycles. The SMILES string of the molecule is CCO[Si](C(C)C)C(C)CN. The van der Waals surface area contributed by atoms with E-state index in [0.717, 1.165) is 13.2 Å². The lowest BCUT2D eigenvalue weighted by atomic mass is 10.5. The minimum Gasteiger partial charge on any atom is -0.416 e. The van der Waals surface area contributed by atoms with Crippen molar-refractivity contribution in [3.63, 3.8) is 0 Å². The van der Waals surface area contributed by atoms with Crippen molar-refractivity contribution in [2.75, 3.05) is 13.2 Å². The second kappa shape index (κ2) is 5.74. The Morgan fingerprint density at radius 1 is 1.36 bits per heavy atom. The third-order valence-electron chi connectivity index (χ3n) is 1.72. The first-order chi connectivity index (χ1) is 5.13. The lowest BCUT2D eigenvalue weighted by Crippen LogP contribution is -2.31. The Balaban J connectivity index is 3.87. The Kier molecular flexibility index (Phi) is 5.82. The summed E-state index contributed by atoms with van der Waals surface area (Å²) in [5, 5.41) is 0. The van der Waals surface area contributed by atoms with Crippen LogP contribution in [-0.4, -0.2) is 22.2 Å². The molecule has 0 heterocycles. The minimum absolute atomic E-state index is 0.569. The van der Waals surface area contributed by atoms with Gasteiger partial charge in [-0.15, -0.1) is 0 Å². The molecule has 1 radical (unpaired) electrons. The molecular formula is C8H20NOSi. The van der Waals surface area contributed by atoms with E-state index in [1.54, 1.807) is 0 Å². The van der Waals surface area contributed by atoms with Crippen LogP contribution in [0, 0.1) is 0 Å². The molecule has 3 heteroatoms. The number of rotatable bonds is 5. The van der Waals surface area contributed by atoms with E-state index in [4.69, 9.17) is 10.2 Å². The van der Waals surface area contributed by atoms with Crippen LogP contribution in [0.15, 0.2) is 0 Å². The summed E-state index contributed by atoms with van der Waals surface area (Å²) in [6.45, 7) is 10.3. The molecule has 0 saturated heterocycles. The Morgan fingerprint density at radius 2 is 1.91 bits per heavy atom. The van der Waals surface area contributed by atoms with Crippen LogP contribution in [0.3, 0.4) is 0 Å². The second-order valence-electron chi connectivity index (χ2n) is 3.13. The topological polar surface area (TPSA) is 35.2 Å². The third-order valence-corrected chi connectivity index (χ3v) is 4.69. The predicted octanol–water partition coefficient (Wildman–Crippen LogP) is 1.77. The summed E-state index contributed by atoms with van der Waals surface area (Å²) in [7, 11) is -0.666. The van der Waals surface area contributed by atoms with Gasteiger partial charge in [0.1, 0.15) is 0 Å². The molecule has 2 N–H and O–H groups in total. The van der Waals surface area contributed by atoms with Crippen molar-refractivity contribution in [1.29, 1.82) is 0 Å². The third kappa shape index (κ3) is 3.89. The molecule has 11 heavy (non-hydrogen) atoms. The Hall–Kier alpha value is 0.137. The minimum atomic E-state index is -0.666. The average Bonchev–Trinajstić information content (AvgIpc) is 1.98. The van der Waals surface area contributed by atoms with E-state index in [-0.39, 0.29) is 0 Å². The summed E-state index contributed by atoms with van der Waals surface area (Å²) in [5.74, 6) is 0. The number of hydrogen-bond donors (Lipinski definition) is 1. The maximum Gasteiger partial charge on any atom is 0.218 e. The smallest absolute Gasteiger partial charge is 0.218 e. The molecule has 0 aliphatic heterocycles. The van der Waals surface area contributed by atoms with E-state index in [0.29, 0.717) is 11.1 Å². The van der Waals surface area contributed by atoms with Gasteiger partial charge in [0.05, 0.1) is 0 Å². The van der Waals surface area contributed by atoms with E-state index in [1.165, 1.54) is 0 Å². The highest BCUT2D eigenvalue weighted by atomic mass is 28.3. The van der Waals surface area contributed by atoms with Crippen molar-refractivity contribution in [2.45, 2.75) is 38.8 Å². The largest absolute Gasteiger partial charge is 0.416 e. The molecule has 0 saturated carbocycles. The zero-order valence-electron chi connectivity index (χ0n) is 8.05. The van der Waals surface area contributed by atoms with Gasteiger partial charge in [0.25, 0.3) is 0 Å². The molecule has 0 aromatic rings. The highest BCUT2D eigenvalue weighted by molar-refractivity contribution is 6.55. The molecule has 2 nitrogen and oxygen atoms in total. The first kappa shape index (κ1) is 11.1. The summed E-state index contributed by atoms with van der Waals surface area (Å²) in [4.78, 5) is 0. The monoisotopic (exact) mass is 174 g/mol. The van der Waals surface area contributed by atoms with Crippen LogP contribution in [0.1, 0.15) is 27.7 Å². The first-order valence-electron chi connectivity index (χ1n) is 4.33. The van der Waals surface area contributed by atoms with E-state index in [2.05, 4.69) is 27.7 Å². The van der Waals surface area contributed by atoms with Gasteiger partial charge in [-0.3, -0.25) is 0 Å². The van der Waals surface area contributed by atoms with Crippen LogP contribution < -0.4 is 5.73 Å². The summed E-state index contributed by atoms with van der Waals surface area (Å²) in [6, 6.07) is 0. The summed E-state index contributed by atoms with van der Waals surface area (Å²) in [5.41, 5.74) is 6.82. The molecule has 0 fully saturated rings. The molecule has 0 amide bonds. The molecule has 0 spiro atoms. The van der Waals surface area contributed by atoms with Gasteiger partial charge < -0.3 is 10.2 Å². The van der Waals surface area contributed by atoms with Crippen LogP contribution >= 0.6 is 0 Å². The second-order valence-corrected chi connectivity index (χ2v) is 6.36. The quantitative estimate of drug-likeness (QED) is 0.645. The van der Waals surface area contributed by atoms with Crippen LogP contribution in [0.5, 0.6) is 0 Å². The van der Waals surface area contributed by atoms with Gasteiger partial charge >= 0.3 is 0 Å². The molecule has 1 atom stereocenters. The fourth-order valence-corrected chi connectivity index (χ4v) is 3.48. The van der Waals surface area contributed by atoms with Crippen LogP contribution in [0.4, 0.5) is 0 Å². The van der Waals surface area contributed by atoms with Crippen molar-refractivity contribution >= 4 is 9.04 Å². The highest BCUT2D eigenvalue weighted by Crippen LogP contribution is 2.20. The Morgan fingerprint density at radius 3 is 2.18 bits per heavy atom. The number of nitrogens with two attached hydrogens (primary N) is 1. The highest BCUT2D eigenvalue weighted by Gasteiger charge is 2.23. The fourth-order valence-electron chi connectivity index (χ4n) is 1.16. The maximum atomic E-state index is 5.68. The zero-order chi connectivity index (χ0) is 8.85. The van der Waals surface area contributed by atoms with Crippen LogP contribution in [-0.2, 0) is 4.43 Å². The molecule has 1 unspecified atom stereocenters. The zero-order valence-corrected chi connectivity index (χ0v) is 9.05. The summed E-state index contributed by atoms with van der Waals surface area (Å²) in [6.07, 6.45) is 0. The lowest BCUT2D eigenvalue weighted by molar-refractivity contribution is 0.328. The van der Waals surface area contributed by atoms with Crippen molar-refractivity contribution in [3.8, 4) is 0 Å². The van der Waals surface area contributed by atoms with Crippen molar-refractivity contribution in [2.24, 2.45) is 5.73 Å².